The maximum Gasteiger partial charge on any atom is 0.156 e. The molecule has 0 saturated carbocycles. The highest BCUT2D eigenvalue weighted by molar-refractivity contribution is 5.77. The number of fused-ring (bicyclic) bond motifs is 1. The lowest BCUT2D eigenvalue weighted by molar-refractivity contribution is 0.584. The van der Waals surface area contributed by atoms with Gasteiger partial charge in [0, 0.05) is 56.7 Å². The number of rotatable bonds is 2. The highest BCUT2D eigenvalue weighted by Gasteiger charge is 2.16. The Kier molecular flexibility index (Phi) is 2.85. The van der Waals surface area contributed by atoms with Crippen LogP contribution in [0.15, 0.2) is 31.0 Å². The molecule has 3 aromatic rings. The van der Waals surface area contributed by atoms with Crippen molar-refractivity contribution in [3.8, 4) is 11.1 Å². The minimum absolute atomic E-state index is 0.972. The number of nitrogens with zero attached hydrogens (tertiary/aromatic N) is 6. The van der Waals surface area contributed by atoms with Crippen LogP contribution >= 0.6 is 0 Å². The SMILES string of the molecule is Cn1cc(-c2cc3c(N4CCNCC4)ncnn3c2)cn1. The van der Waals surface area contributed by atoms with E-state index in [1.165, 1.54) is 0 Å². The van der Waals surface area contributed by atoms with Crippen molar-refractivity contribution in [3.63, 3.8) is 0 Å². The Hall–Kier alpha value is -2.41. The summed E-state index contributed by atoms with van der Waals surface area (Å²) in [5.74, 6) is 1.00. The Labute approximate surface area is 122 Å². The Bertz CT molecular complexity index is 767. The van der Waals surface area contributed by atoms with Crippen LogP contribution in [0.25, 0.3) is 16.6 Å². The Morgan fingerprint density at radius 1 is 1.10 bits per heavy atom. The van der Waals surface area contributed by atoms with E-state index in [1.807, 2.05) is 30.2 Å². The van der Waals surface area contributed by atoms with E-state index in [9.17, 15) is 0 Å². The van der Waals surface area contributed by atoms with Gasteiger partial charge in [-0.15, -0.1) is 0 Å². The summed E-state index contributed by atoms with van der Waals surface area (Å²) >= 11 is 0. The molecule has 0 unspecified atom stereocenters. The van der Waals surface area contributed by atoms with E-state index in [0.29, 0.717) is 0 Å². The first-order valence-corrected chi connectivity index (χ1v) is 7.09. The second-order valence-corrected chi connectivity index (χ2v) is 5.28. The molecule has 108 valence electrons. The van der Waals surface area contributed by atoms with E-state index in [2.05, 4.69) is 31.5 Å². The fourth-order valence-electron chi connectivity index (χ4n) is 2.77. The predicted octanol–water partition coefficient (Wildman–Crippen LogP) is 0.539. The summed E-state index contributed by atoms with van der Waals surface area (Å²) in [5.41, 5.74) is 3.24. The van der Waals surface area contributed by atoms with Crippen LogP contribution in [0.3, 0.4) is 0 Å². The van der Waals surface area contributed by atoms with E-state index in [-0.39, 0.29) is 0 Å². The van der Waals surface area contributed by atoms with Crippen molar-refractivity contribution >= 4 is 11.3 Å². The number of aromatic nitrogens is 5. The summed E-state index contributed by atoms with van der Waals surface area (Å²) in [6.07, 6.45) is 7.52. The van der Waals surface area contributed by atoms with E-state index in [1.54, 1.807) is 11.0 Å². The second-order valence-electron chi connectivity index (χ2n) is 5.28. The summed E-state index contributed by atoms with van der Waals surface area (Å²) in [4.78, 5) is 6.79. The zero-order valence-electron chi connectivity index (χ0n) is 11.9. The van der Waals surface area contributed by atoms with Crippen molar-refractivity contribution in [2.24, 2.45) is 7.05 Å². The molecule has 0 amide bonds. The summed E-state index contributed by atoms with van der Waals surface area (Å²) in [6.45, 7) is 3.93. The molecule has 0 aliphatic carbocycles. The van der Waals surface area contributed by atoms with Crippen LogP contribution in [0.2, 0.25) is 0 Å². The first kappa shape index (κ1) is 12.3. The molecule has 1 N–H and O–H groups in total. The third-order valence-corrected chi connectivity index (χ3v) is 3.84. The van der Waals surface area contributed by atoms with Crippen LogP contribution in [0.1, 0.15) is 0 Å². The summed E-state index contributed by atoms with van der Waals surface area (Å²) < 4.78 is 3.70. The van der Waals surface area contributed by atoms with Crippen molar-refractivity contribution in [2.45, 2.75) is 0 Å². The fraction of sp³-hybridized carbons (Fsp3) is 0.357. The highest BCUT2D eigenvalue weighted by Crippen LogP contribution is 2.26. The maximum atomic E-state index is 4.49. The van der Waals surface area contributed by atoms with Gasteiger partial charge in [0.15, 0.2) is 5.82 Å². The molecule has 4 rings (SSSR count). The van der Waals surface area contributed by atoms with Crippen LogP contribution in [0, 0.1) is 0 Å². The van der Waals surface area contributed by atoms with Gasteiger partial charge in [-0.3, -0.25) is 4.68 Å². The van der Waals surface area contributed by atoms with Crippen LogP contribution in [0.5, 0.6) is 0 Å². The molecule has 0 radical (unpaired) electrons. The third-order valence-electron chi connectivity index (χ3n) is 3.84. The van der Waals surface area contributed by atoms with Gasteiger partial charge in [-0.25, -0.2) is 9.50 Å². The summed E-state index contributed by atoms with van der Waals surface area (Å²) in [7, 11) is 1.92. The zero-order valence-corrected chi connectivity index (χ0v) is 11.9. The topological polar surface area (TPSA) is 63.3 Å². The van der Waals surface area contributed by atoms with Gasteiger partial charge >= 0.3 is 0 Å². The molecular formula is C14H17N7. The molecule has 1 saturated heterocycles. The fourth-order valence-corrected chi connectivity index (χ4v) is 2.77. The third kappa shape index (κ3) is 2.15. The van der Waals surface area contributed by atoms with E-state index in [4.69, 9.17) is 0 Å². The molecule has 1 aliphatic heterocycles. The standard InChI is InChI=1S/C14H17N7/c1-19-8-12(7-17-19)11-6-13-14(16-10-18-21(13)9-11)20-4-2-15-3-5-20/h6-10,15H,2-5H2,1H3. The molecule has 0 atom stereocenters. The molecule has 3 aromatic heterocycles. The number of piperazine rings is 1. The largest absolute Gasteiger partial charge is 0.352 e. The first-order chi connectivity index (χ1) is 10.3. The molecular weight excluding hydrogens is 266 g/mol. The van der Waals surface area contributed by atoms with Gasteiger partial charge in [0.25, 0.3) is 0 Å². The van der Waals surface area contributed by atoms with E-state index >= 15 is 0 Å². The zero-order chi connectivity index (χ0) is 14.2. The molecule has 4 heterocycles. The number of nitrogens with one attached hydrogen (secondary N) is 1. The molecule has 7 nitrogen and oxygen atoms in total. The smallest absolute Gasteiger partial charge is 0.156 e. The van der Waals surface area contributed by atoms with Crippen LogP contribution in [0.4, 0.5) is 5.82 Å². The van der Waals surface area contributed by atoms with Crippen LogP contribution < -0.4 is 10.2 Å². The number of anilines is 1. The van der Waals surface area contributed by atoms with E-state index in [0.717, 1.165) is 48.6 Å². The Morgan fingerprint density at radius 3 is 2.71 bits per heavy atom. The average molecular weight is 283 g/mol. The minimum Gasteiger partial charge on any atom is -0.352 e. The molecule has 0 spiro atoms. The molecule has 0 bridgehead atoms. The molecule has 0 aromatic carbocycles. The second kappa shape index (κ2) is 4.85. The number of hydrogen-bond acceptors (Lipinski definition) is 5. The van der Waals surface area contributed by atoms with Crippen molar-refractivity contribution in [3.05, 3.63) is 31.0 Å². The first-order valence-electron chi connectivity index (χ1n) is 7.09. The van der Waals surface area contributed by atoms with Crippen molar-refractivity contribution in [2.75, 3.05) is 31.1 Å². The van der Waals surface area contributed by atoms with Crippen LogP contribution in [-0.4, -0.2) is 50.6 Å². The lowest BCUT2D eigenvalue weighted by Crippen LogP contribution is -2.44. The monoisotopic (exact) mass is 283 g/mol. The molecule has 1 aliphatic rings. The predicted molar refractivity (Wildman–Crippen MR) is 80.3 cm³/mol. The highest BCUT2D eigenvalue weighted by atomic mass is 15.3. The van der Waals surface area contributed by atoms with Gasteiger partial charge in [-0.05, 0) is 6.07 Å². The van der Waals surface area contributed by atoms with Crippen molar-refractivity contribution in [1.29, 1.82) is 0 Å². The van der Waals surface area contributed by atoms with Gasteiger partial charge in [0.1, 0.15) is 11.8 Å². The Balaban J connectivity index is 1.80. The lowest BCUT2D eigenvalue weighted by atomic mass is 10.2. The quantitative estimate of drug-likeness (QED) is 0.744. The van der Waals surface area contributed by atoms with E-state index < -0.39 is 0 Å². The van der Waals surface area contributed by atoms with Gasteiger partial charge in [-0.1, -0.05) is 0 Å². The summed E-state index contributed by atoms with van der Waals surface area (Å²) in [5, 5.41) is 11.9. The van der Waals surface area contributed by atoms with Gasteiger partial charge in [0.05, 0.1) is 6.20 Å². The molecule has 21 heavy (non-hydrogen) atoms. The van der Waals surface area contributed by atoms with Gasteiger partial charge in [-0.2, -0.15) is 10.2 Å². The number of hydrogen-bond donors (Lipinski definition) is 1. The normalized spacial score (nSPS) is 15.8. The summed E-state index contributed by atoms with van der Waals surface area (Å²) in [6, 6.07) is 2.13. The average Bonchev–Trinajstić information content (AvgIpc) is 3.13. The lowest BCUT2D eigenvalue weighted by Gasteiger charge is -2.28. The maximum absolute atomic E-state index is 4.49. The van der Waals surface area contributed by atoms with Crippen molar-refractivity contribution < 1.29 is 0 Å². The molecule has 7 heteroatoms. The van der Waals surface area contributed by atoms with Gasteiger partial charge in [0.2, 0.25) is 0 Å². The van der Waals surface area contributed by atoms with Crippen molar-refractivity contribution in [1.82, 2.24) is 29.7 Å². The molecule has 1 fully saturated rings. The number of aryl methyl sites for hydroxylation is 1. The van der Waals surface area contributed by atoms with Gasteiger partial charge < -0.3 is 10.2 Å². The minimum atomic E-state index is 0.972. The van der Waals surface area contributed by atoms with Crippen LogP contribution in [-0.2, 0) is 7.05 Å². The Morgan fingerprint density at radius 2 is 1.95 bits per heavy atom.